The number of ether oxygens (including phenoxy) is 1. The number of esters is 1. The summed E-state index contributed by atoms with van der Waals surface area (Å²) in [5.74, 6) is 2.19. The Hall–Kier alpha value is -3.10. The summed E-state index contributed by atoms with van der Waals surface area (Å²) in [5, 5.41) is 0. The third-order valence-corrected chi connectivity index (χ3v) is 5.74. The van der Waals surface area contributed by atoms with Crippen molar-refractivity contribution in [3.8, 4) is 0 Å². The summed E-state index contributed by atoms with van der Waals surface area (Å²) in [5.41, 5.74) is 7.10. The molecule has 9 nitrogen and oxygen atoms in total. The molecule has 0 aliphatic carbocycles. The lowest BCUT2D eigenvalue weighted by Gasteiger charge is -2.37. The van der Waals surface area contributed by atoms with Crippen LogP contribution in [0, 0.1) is 5.92 Å². The number of nitrogens with zero attached hydrogens (tertiary/aromatic N) is 6. The molecule has 2 fully saturated rings. The first kappa shape index (κ1) is 20.2. The van der Waals surface area contributed by atoms with Crippen molar-refractivity contribution in [3.05, 3.63) is 30.7 Å². The molecule has 1 atom stereocenters. The van der Waals surface area contributed by atoms with Crippen LogP contribution in [-0.2, 0) is 9.53 Å². The number of anilines is 4. The van der Waals surface area contributed by atoms with Crippen LogP contribution in [0.1, 0.15) is 19.8 Å². The molecule has 0 spiro atoms. The summed E-state index contributed by atoms with van der Waals surface area (Å²) in [6.07, 6.45) is 5.13. The van der Waals surface area contributed by atoms with Crippen LogP contribution in [0.3, 0.4) is 0 Å². The Balaban J connectivity index is 1.45. The highest BCUT2D eigenvalue weighted by molar-refractivity contribution is 5.78. The van der Waals surface area contributed by atoms with Crippen LogP contribution in [-0.4, -0.2) is 66.8 Å². The number of nitrogens with two attached hydrogens (primary N) is 1. The van der Waals surface area contributed by atoms with E-state index in [4.69, 9.17) is 10.5 Å². The summed E-state index contributed by atoms with van der Waals surface area (Å²) < 4.78 is 5.21. The van der Waals surface area contributed by atoms with Crippen LogP contribution < -0.4 is 20.4 Å². The molecule has 2 aliphatic heterocycles. The minimum Gasteiger partial charge on any atom is -0.466 e. The number of nitrogen functional groups attached to an aromatic ring is 1. The van der Waals surface area contributed by atoms with Gasteiger partial charge in [-0.25, -0.2) is 15.0 Å². The van der Waals surface area contributed by atoms with E-state index in [1.165, 1.54) is 0 Å². The largest absolute Gasteiger partial charge is 0.466 e. The second kappa shape index (κ2) is 9.15. The second-order valence-corrected chi connectivity index (χ2v) is 7.63. The number of aromatic nitrogens is 3. The van der Waals surface area contributed by atoms with Gasteiger partial charge in [-0.1, -0.05) is 6.07 Å². The number of pyridine rings is 1. The summed E-state index contributed by atoms with van der Waals surface area (Å²) in [6, 6.07) is 5.96. The van der Waals surface area contributed by atoms with Crippen molar-refractivity contribution in [1.29, 1.82) is 0 Å². The van der Waals surface area contributed by atoms with E-state index < -0.39 is 0 Å². The van der Waals surface area contributed by atoms with Crippen molar-refractivity contribution in [3.63, 3.8) is 0 Å². The quantitative estimate of drug-likeness (QED) is 0.735. The van der Waals surface area contributed by atoms with Crippen molar-refractivity contribution in [1.82, 2.24) is 15.0 Å². The minimum atomic E-state index is -0.140. The molecule has 2 aromatic heterocycles. The fourth-order valence-corrected chi connectivity index (χ4v) is 4.19. The molecule has 4 rings (SSSR count). The van der Waals surface area contributed by atoms with Gasteiger partial charge in [0.2, 0.25) is 0 Å². The van der Waals surface area contributed by atoms with Gasteiger partial charge in [-0.15, -0.1) is 0 Å². The fourth-order valence-electron chi connectivity index (χ4n) is 4.19. The van der Waals surface area contributed by atoms with Crippen LogP contribution in [0.25, 0.3) is 0 Å². The van der Waals surface area contributed by atoms with Gasteiger partial charge in [-0.2, -0.15) is 0 Å². The van der Waals surface area contributed by atoms with Crippen LogP contribution in [0.2, 0.25) is 0 Å². The van der Waals surface area contributed by atoms with Crippen molar-refractivity contribution in [2.45, 2.75) is 19.8 Å². The highest BCUT2D eigenvalue weighted by atomic mass is 16.5. The van der Waals surface area contributed by atoms with Crippen molar-refractivity contribution >= 4 is 29.1 Å². The lowest BCUT2D eigenvalue weighted by atomic mass is 9.98. The predicted molar refractivity (Wildman–Crippen MR) is 117 cm³/mol. The Kier molecular flexibility index (Phi) is 6.15. The molecule has 0 radical (unpaired) electrons. The molecule has 2 N–H and O–H groups in total. The first-order valence-electron chi connectivity index (χ1n) is 10.6. The number of hydrogen-bond donors (Lipinski definition) is 1. The Labute approximate surface area is 176 Å². The molecular weight excluding hydrogens is 382 g/mol. The monoisotopic (exact) mass is 411 g/mol. The van der Waals surface area contributed by atoms with Gasteiger partial charge in [0.1, 0.15) is 17.8 Å². The Morgan fingerprint density at radius 1 is 1.07 bits per heavy atom. The number of rotatable bonds is 5. The van der Waals surface area contributed by atoms with E-state index in [2.05, 4.69) is 29.7 Å². The third-order valence-electron chi connectivity index (χ3n) is 5.74. The molecule has 9 heteroatoms. The Morgan fingerprint density at radius 3 is 2.50 bits per heavy atom. The summed E-state index contributed by atoms with van der Waals surface area (Å²) in [4.78, 5) is 32.1. The fraction of sp³-hybridized carbons (Fsp3) is 0.524. The molecule has 2 saturated heterocycles. The van der Waals surface area contributed by atoms with E-state index in [1.54, 1.807) is 6.33 Å². The standard InChI is InChI=1S/C21H29N7O2/c1-2-30-21(29)16-6-5-9-28(14-16)20-18(22)19(24-15-25-20)27-12-10-26(11-13-27)17-7-3-4-8-23-17/h3-4,7-8,15-16H,2,5-6,9-14,22H2,1H3. The summed E-state index contributed by atoms with van der Waals surface area (Å²) >= 11 is 0. The maximum Gasteiger partial charge on any atom is 0.310 e. The highest BCUT2D eigenvalue weighted by Gasteiger charge is 2.30. The van der Waals surface area contributed by atoms with E-state index in [0.29, 0.717) is 24.7 Å². The molecule has 2 aromatic rings. The Bertz CT molecular complexity index is 856. The van der Waals surface area contributed by atoms with E-state index in [-0.39, 0.29) is 11.9 Å². The average molecular weight is 412 g/mol. The lowest BCUT2D eigenvalue weighted by Crippen LogP contribution is -2.47. The maximum atomic E-state index is 12.2. The maximum absolute atomic E-state index is 12.2. The normalized spacial score (nSPS) is 19.6. The smallest absolute Gasteiger partial charge is 0.310 e. The van der Waals surface area contributed by atoms with E-state index >= 15 is 0 Å². The molecule has 30 heavy (non-hydrogen) atoms. The number of carbonyl (C=O) groups is 1. The molecule has 160 valence electrons. The minimum absolute atomic E-state index is 0.138. The van der Waals surface area contributed by atoms with E-state index in [0.717, 1.165) is 57.2 Å². The molecule has 0 bridgehead atoms. The first-order valence-corrected chi connectivity index (χ1v) is 10.6. The van der Waals surface area contributed by atoms with Gasteiger partial charge in [0.15, 0.2) is 11.6 Å². The van der Waals surface area contributed by atoms with Crippen LogP contribution in [0.15, 0.2) is 30.7 Å². The van der Waals surface area contributed by atoms with Gasteiger partial charge in [0.05, 0.1) is 12.5 Å². The van der Waals surface area contributed by atoms with Gasteiger partial charge in [-0.3, -0.25) is 4.79 Å². The van der Waals surface area contributed by atoms with Gasteiger partial charge in [0, 0.05) is 45.5 Å². The van der Waals surface area contributed by atoms with Gasteiger partial charge in [-0.05, 0) is 31.9 Å². The molecule has 1 unspecified atom stereocenters. The van der Waals surface area contributed by atoms with Crippen LogP contribution in [0.4, 0.5) is 23.1 Å². The molecule has 2 aliphatic rings. The molecule has 0 amide bonds. The molecular formula is C21H29N7O2. The number of carbonyl (C=O) groups excluding carboxylic acids is 1. The lowest BCUT2D eigenvalue weighted by molar-refractivity contribution is -0.148. The van der Waals surface area contributed by atoms with Crippen molar-refractivity contribution in [2.75, 3.05) is 66.3 Å². The number of piperidine rings is 1. The van der Waals surface area contributed by atoms with E-state index in [1.807, 2.05) is 31.3 Å². The molecule has 4 heterocycles. The van der Waals surface area contributed by atoms with Gasteiger partial charge in [0.25, 0.3) is 0 Å². The first-order chi connectivity index (χ1) is 14.7. The zero-order chi connectivity index (χ0) is 20.9. The zero-order valence-electron chi connectivity index (χ0n) is 17.4. The average Bonchev–Trinajstić information content (AvgIpc) is 2.80. The predicted octanol–water partition coefficient (Wildman–Crippen LogP) is 1.56. The van der Waals surface area contributed by atoms with Crippen LogP contribution in [0.5, 0.6) is 0 Å². The Morgan fingerprint density at radius 2 is 1.80 bits per heavy atom. The van der Waals surface area contributed by atoms with Crippen molar-refractivity contribution in [2.24, 2.45) is 5.92 Å². The molecule has 0 saturated carbocycles. The second-order valence-electron chi connectivity index (χ2n) is 7.63. The van der Waals surface area contributed by atoms with Gasteiger partial charge < -0.3 is 25.2 Å². The summed E-state index contributed by atoms with van der Waals surface area (Å²) in [6.45, 7) is 6.96. The zero-order valence-corrected chi connectivity index (χ0v) is 17.4. The summed E-state index contributed by atoms with van der Waals surface area (Å²) in [7, 11) is 0. The van der Waals surface area contributed by atoms with Crippen LogP contribution >= 0.6 is 0 Å². The van der Waals surface area contributed by atoms with E-state index in [9.17, 15) is 4.79 Å². The third kappa shape index (κ3) is 4.24. The van der Waals surface area contributed by atoms with Crippen molar-refractivity contribution < 1.29 is 9.53 Å². The SMILES string of the molecule is CCOC(=O)C1CCCN(c2ncnc(N3CCN(c4ccccn4)CC3)c2N)C1. The number of piperazine rings is 1. The topological polar surface area (TPSA) is 101 Å². The highest BCUT2D eigenvalue weighted by Crippen LogP contribution is 2.32. The number of hydrogen-bond acceptors (Lipinski definition) is 9. The van der Waals surface area contributed by atoms with Gasteiger partial charge >= 0.3 is 5.97 Å². The molecule has 0 aromatic carbocycles.